The van der Waals surface area contributed by atoms with Crippen LogP contribution in [0.2, 0.25) is 0 Å². The maximum Gasteiger partial charge on any atom is 0.251 e. The molecule has 1 amide bonds. The van der Waals surface area contributed by atoms with Gasteiger partial charge in [0.1, 0.15) is 12.4 Å². The number of ether oxygens (including phenoxy) is 2. The van der Waals surface area contributed by atoms with E-state index >= 15 is 0 Å². The van der Waals surface area contributed by atoms with Crippen LogP contribution >= 0.6 is 0 Å². The van der Waals surface area contributed by atoms with Crippen molar-refractivity contribution < 1.29 is 22.7 Å². The Bertz CT molecular complexity index is 773. The summed E-state index contributed by atoms with van der Waals surface area (Å²) in [6, 6.07) is 15.2. The number of carbonyl (C=O) groups is 1. The predicted molar refractivity (Wildman–Crippen MR) is 94.6 cm³/mol. The highest BCUT2D eigenvalue weighted by Crippen LogP contribution is 2.12. The Hall–Kier alpha value is -2.38. The van der Waals surface area contributed by atoms with E-state index in [9.17, 15) is 13.2 Å². The van der Waals surface area contributed by atoms with E-state index in [0.717, 1.165) is 5.75 Å². The molecule has 0 saturated carbocycles. The van der Waals surface area contributed by atoms with E-state index in [-0.39, 0.29) is 23.2 Å². The first-order chi connectivity index (χ1) is 12.0. The van der Waals surface area contributed by atoms with Gasteiger partial charge in [-0.05, 0) is 36.4 Å². The number of methoxy groups -OCH3 is 1. The van der Waals surface area contributed by atoms with Crippen LogP contribution in [-0.4, -0.2) is 46.9 Å². The number of nitrogens with one attached hydrogen (secondary N) is 1. The van der Waals surface area contributed by atoms with Crippen LogP contribution in [0.4, 0.5) is 0 Å². The number of para-hydroxylation sites is 1. The summed E-state index contributed by atoms with van der Waals surface area (Å²) in [6.07, 6.45) is 0. The summed E-state index contributed by atoms with van der Waals surface area (Å²) in [6.45, 7) is 0.826. The van der Waals surface area contributed by atoms with Crippen LogP contribution in [0.15, 0.2) is 59.5 Å². The van der Waals surface area contributed by atoms with Crippen LogP contribution in [0.3, 0.4) is 0 Å². The number of rotatable bonds is 9. The molecule has 0 heterocycles. The van der Waals surface area contributed by atoms with Crippen LogP contribution < -0.4 is 10.1 Å². The highest BCUT2D eigenvalue weighted by molar-refractivity contribution is 7.91. The van der Waals surface area contributed by atoms with Gasteiger partial charge in [0.2, 0.25) is 0 Å². The van der Waals surface area contributed by atoms with E-state index in [1.54, 1.807) is 0 Å². The zero-order valence-electron chi connectivity index (χ0n) is 14.0. The van der Waals surface area contributed by atoms with Crippen molar-refractivity contribution in [1.29, 1.82) is 0 Å². The lowest BCUT2D eigenvalue weighted by Crippen LogP contribution is -2.28. The molecule has 0 aliphatic rings. The largest absolute Gasteiger partial charge is 0.492 e. The van der Waals surface area contributed by atoms with Crippen LogP contribution in [0, 0.1) is 0 Å². The minimum atomic E-state index is -3.39. The van der Waals surface area contributed by atoms with Crippen molar-refractivity contribution >= 4 is 15.7 Å². The van der Waals surface area contributed by atoms with Gasteiger partial charge >= 0.3 is 0 Å². The fourth-order valence-corrected chi connectivity index (χ4v) is 3.25. The van der Waals surface area contributed by atoms with Crippen molar-refractivity contribution in [1.82, 2.24) is 5.32 Å². The number of amides is 1. The van der Waals surface area contributed by atoms with E-state index in [1.165, 1.54) is 31.4 Å². The zero-order chi connectivity index (χ0) is 18.1. The van der Waals surface area contributed by atoms with E-state index in [1.807, 2.05) is 30.3 Å². The van der Waals surface area contributed by atoms with E-state index in [2.05, 4.69) is 5.32 Å². The van der Waals surface area contributed by atoms with Gasteiger partial charge in [0, 0.05) is 12.7 Å². The molecular weight excluding hydrogens is 342 g/mol. The monoisotopic (exact) mass is 363 g/mol. The Kier molecular flexibility index (Phi) is 6.97. The van der Waals surface area contributed by atoms with E-state index < -0.39 is 9.84 Å². The Morgan fingerprint density at radius 1 is 1.00 bits per heavy atom. The smallest absolute Gasteiger partial charge is 0.251 e. The lowest BCUT2D eigenvalue weighted by Gasteiger charge is -2.08. The van der Waals surface area contributed by atoms with Gasteiger partial charge in [0.15, 0.2) is 9.84 Å². The van der Waals surface area contributed by atoms with Crippen molar-refractivity contribution in [2.75, 3.05) is 32.6 Å². The molecule has 2 aromatic carbocycles. The van der Waals surface area contributed by atoms with Crippen molar-refractivity contribution in [3.05, 3.63) is 60.2 Å². The summed E-state index contributed by atoms with van der Waals surface area (Å²) in [5.74, 6) is 0.367. The molecule has 0 unspecified atom stereocenters. The molecule has 0 radical (unpaired) electrons. The molecule has 0 aliphatic carbocycles. The average molecular weight is 363 g/mol. The molecule has 0 fully saturated rings. The predicted octanol–water partition coefficient (Wildman–Crippen LogP) is 1.92. The number of hydrogen-bond acceptors (Lipinski definition) is 5. The maximum absolute atomic E-state index is 12.1. The summed E-state index contributed by atoms with van der Waals surface area (Å²) in [7, 11) is -1.94. The van der Waals surface area contributed by atoms with Gasteiger partial charge in [0.25, 0.3) is 5.91 Å². The summed E-state index contributed by atoms with van der Waals surface area (Å²) in [5, 5.41) is 2.73. The molecule has 0 bridgehead atoms. The van der Waals surface area contributed by atoms with Gasteiger partial charge in [-0.15, -0.1) is 0 Å². The second-order valence-corrected chi connectivity index (χ2v) is 7.36. The molecule has 2 aromatic rings. The van der Waals surface area contributed by atoms with Gasteiger partial charge in [-0.3, -0.25) is 4.79 Å². The molecule has 0 saturated heterocycles. The second-order valence-electron chi connectivity index (χ2n) is 5.25. The summed E-state index contributed by atoms with van der Waals surface area (Å²) in [4.78, 5) is 12.2. The normalized spacial score (nSPS) is 11.1. The Morgan fingerprint density at radius 2 is 1.68 bits per heavy atom. The van der Waals surface area contributed by atoms with Crippen molar-refractivity contribution in [3.8, 4) is 5.75 Å². The fraction of sp³-hybridized carbons (Fsp3) is 0.278. The van der Waals surface area contributed by atoms with Gasteiger partial charge in [0.05, 0.1) is 23.8 Å². The first kappa shape index (κ1) is 19.0. The first-order valence-electron chi connectivity index (χ1n) is 7.81. The summed E-state index contributed by atoms with van der Waals surface area (Å²) >= 11 is 0. The number of hydrogen-bond donors (Lipinski definition) is 1. The van der Waals surface area contributed by atoms with Gasteiger partial charge < -0.3 is 14.8 Å². The molecule has 1 N–H and O–H groups in total. The molecule has 25 heavy (non-hydrogen) atoms. The highest BCUT2D eigenvalue weighted by Gasteiger charge is 2.15. The third-order valence-corrected chi connectivity index (χ3v) is 5.13. The molecule has 134 valence electrons. The Morgan fingerprint density at radius 3 is 2.32 bits per heavy atom. The Labute approximate surface area is 147 Å². The fourth-order valence-electron chi connectivity index (χ4n) is 2.08. The van der Waals surface area contributed by atoms with Crippen LogP contribution in [0.1, 0.15) is 10.4 Å². The topological polar surface area (TPSA) is 81.7 Å². The number of carbonyl (C=O) groups excluding carboxylic acids is 1. The Balaban J connectivity index is 1.84. The summed E-state index contributed by atoms with van der Waals surface area (Å²) in [5.41, 5.74) is 0.394. The molecular formula is C18H21NO5S. The molecule has 0 spiro atoms. The second kappa shape index (κ2) is 9.19. The molecule has 6 nitrogen and oxygen atoms in total. The third kappa shape index (κ3) is 5.88. The highest BCUT2D eigenvalue weighted by atomic mass is 32.2. The lowest BCUT2D eigenvalue weighted by molar-refractivity contribution is 0.0947. The number of sulfone groups is 1. The maximum atomic E-state index is 12.1. The van der Waals surface area contributed by atoms with Crippen LogP contribution in [0.25, 0.3) is 0 Å². The van der Waals surface area contributed by atoms with Crippen LogP contribution in [0.5, 0.6) is 5.75 Å². The number of benzene rings is 2. The average Bonchev–Trinajstić information content (AvgIpc) is 2.64. The van der Waals surface area contributed by atoms with Crippen molar-refractivity contribution in [3.63, 3.8) is 0 Å². The van der Waals surface area contributed by atoms with Crippen molar-refractivity contribution in [2.24, 2.45) is 0 Å². The van der Waals surface area contributed by atoms with E-state index in [0.29, 0.717) is 18.7 Å². The quantitative estimate of drug-likeness (QED) is 0.688. The molecule has 0 atom stereocenters. The standard InChI is InChI=1S/C18H21NO5S/c1-23-13-14-25(21,22)17-9-7-15(8-10-17)18(20)19-11-12-24-16-5-3-2-4-6-16/h2-10H,11-14H2,1H3,(H,19,20). The first-order valence-corrected chi connectivity index (χ1v) is 9.46. The van der Waals surface area contributed by atoms with Gasteiger partial charge in [-0.2, -0.15) is 0 Å². The van der Waals surface area contributed by atoms with E-state index in [4.69, 9.17) is 9.47 Å². The summed E-state index contributed by atoms with van der Waals surface area (Å²) < 4.78 is 34.3. The van der Waals surface area contributed by atoms with Crippen LogP contribution in [-0.2, 0) is 14.6 Å². The van der Waals surface area contributed by atoms with Gasteiger partial charge in [-0.1, -0.05) is 18.2 Å². The minimum Gasteiger partial charge on any atom is -0.492 e. The SMILES string of the molecule is COCCS(=O)(=O)c1ccc(C(=O)NCCOc2ccccc2)cc1. The molecule has 0 aliphatic heterocycles. The third-order valence-electron chi connectivity index (χ3n) is 3.43. The molecule has 7 heteroatoms. The molecule has 2 rings (SSSR count). The lowest BCUT2D eigenvalue weighted by atomic mass is 10.2. The van der Waals surface area contributed by atoms with Gasteiger partial charge in [-0.25, -0.2) is 8.42 Å². The molecule has 0 aromatic heterocycles. The van der Waals surface area contributed by atoms with Crippen molar-refractivity contribution in [2.45, 2.75) is 4.90 Å². The minimum absolute atomic E-state index is 0.0914. The zero-order valence-corrected chi connectivity index (χ0v) is 14.8.